The normalized spacial score (nSPS) is 22.6. The molecule has 19 heavy (non-hydrogen) atoms. The number of anilines is 1. The summed E-state index contributed by atoms with van der Waals surface area (Å²) >= 11 is 1.56. The lowest BCUT2D eigenvalue weighted by atomic mass is 10.1. The van der Waals surface area contributed by atoms with Gasteiger partial charge in [0.15, 0.2) is 5.16 Å². The molecular formula is C13H16N4OS. The number of benzene rings is 1. The van der Waals surface area contributed by atoms with Gasteiger partial charge in [0.05, 0.1) is 12.1 Å². The summed E-state index contributed by atoms with van der Waals surface area (Å²) < 4.78 is 5.55. The van der Waals surface area contributed by atoms with Gasteiger partial charge in [-0.05, 0) is 37.6 Å². The molecule has 2 heterocycles. The molecule has 0 saturated carbocycles. The summed E-state index contributed by atoms with van der Waals surface area (Å²) in [6.07, 6.45) is 2.86. The Morgan fingerprint density at radius 2 is 2.21 bits per heavy atom. The van der Waals surface area contributed by atoms with Crippen LogP contribution in [0, 0.1) is 0 Å². The molecule has 0 amide bonds. The van der Waals surface area contributed by atoms with Crippen LogP contribution in [0.5, 0.6) is 0 Å². The van der Waals surface area contributed by atoms with Crippen LogP contribution in [0.1, 0.15) is 13.3 Å². The van der Waals surface area contributed by atoms with Crippen molar-refractivity contribution in [2.24, 2.45) is 0 Å². The molecule has 2 aromatic rings. The fourth-order valence-electron chi connectivity index (χ4n) is 2.11. The van der Waals surface area contributed by atoms with Gasteiger partial charge in [0.1, 0.15) is 6.33 Å². The van der Waals surface area contributed by atoms with Crippen LogP contribution in [0.25, 0.3) is 0 Å². The van der Waals surface area contributed by atoms with Crippen molar-refractivity contribution in [3.8, 4) is 0 Å². The van der Waals surface area contributed by atoms with Gasteiger partial charge in [0.2, 0.25) is 0 Å². The molecule has 1 aromatic heterocycles. The summed E-state index contributed by atoms with van der Waals surface area (Å²) in [4.78, 5) is 5.23. The summed E-state index contributed by atoms with van der Waals surface area (Å²) in [5.74, 6) is 0. The number of hydrogen-bond donors (Lipinski definition) is 2. The van der Waals surface area contributed by atoms with E-state index in [-0.39, 0.29) is 6.10 Å². The quantitative estimate of drug-likeness (QED) is 0.898. The van der Waals surface area contributed by atoms with Gasteiger partial charge < -0.3 is 10.1 Å². The van der Waals surface area contributed by atoms with E-state index in [0.717, 1.165) is 28.8 Å². The zero-order valence-corrected chi connectivity index (χ0v) is 11.5. The molecular weight excluding hydrogens is 260 g/mol. The highest BCUT2D eigenvalue weighted by molar-refractivity contribution is 7.99. The Balaban J connectivity index is 1.62. The SMILES string of the molecule is CC1OCCC1Nc1ccc(Sc2ncn[nH]2)cc1. The fraction of sp³-hybridized carbons (Fsp3) is 0.385. The summed E-state index contributed by atoms with van der Waals surface area (Å²) in [6.45, 7) is 2.96. The van der Waals surface area contributed by atoms with E-state index < -0.39 is 0 Å². The third-order valence-corrected chi connectivity index (χ3v) is 4.09. The van der Waals surface area contributed by atoms with Crippen LogP contribution < -0.4 is 5.32 Å². The number of ether oxygens (including phenoxy) is 1. The number of nitrogens with zero attached hydrogens (tertiary/aromatic N) is 2. The summed E-state index contributed by atoms with van der Waals surface area (Å²) in [5.41, 5.74) is 1.13. The van der Waals surface area contributed by atoms with E-state index in [1.54, 1.807) is 11.8 Å². The average molecular weight is 276 g/mol. The maximum atomic E-state index is 5.55. The second-order valence-corrected chi connectivity index (χ2v) is 5.59. The van der Waals surface area contributed by atoms with E-state index in [1.807, 2.05) is 0 Å². The lowest BCUT2D eigenvalue weighted by molar-refractivity contribution is 0.121. The van der Waals surface area contributed by atoms with Gasteiger partial charge in [-0.1, -0.05) is 11.8 Å². The molecule has 3 rings (SSSR count). The third-order valence-electron chi connectivity index (χ3n) is 3.19. The standard InChI is InChI=1S/C13H16N4OS/c1-9-12(6-7-18-9)16-10-2-4-11(5-3-10)19-13-14-8-15-17-13/h2-5,8-9,12,16H,6-7H2,1H3,(H,14,15,17). The van der Waals surface area contributed by atoms with Crippen molar-refractivity contribution in [2.45, 2.75) is 35.5 Å². The smallest absolute Gasteiger partial charge is 0.188 e. The molecule has 5 nitrogen and oxygen atoms in total. The number of H-pyrrole nitrogens is 1. The first kappa shape index (κ1) is 12.5. The summed E-state index contributed by atoms with van der Waals surface area (Å²) in [5, 5.41) is 11.0. The molecule has 0 radical (unpaired) electrons. The van der Waals surface area contributed by atoms with Crippen LogP contribution in [0.4, 0.5) is 5.69 Å². The Hall–Kier alpha value is -1.53. The number of nitrogens with one attached hydrogen (secondary N) is 2. The molecule has 1 fully saturated rings. The van der Waals surface area contributed by atoms with Gasteiger partial charge >= 0.3 is 0 Å². The minimum Gasteiger partial charge on any atom is -0.380 e. The number of hydrogen-bond acceptors (Lipinski definition) is 5. The molecule has 6 heteroatoms. The Bertz CT molecular complexity index is 514. The Morgan fingerprint density at radius 3 is 2.84 bits per heavy atom. The van der Waals surface area contributed by atoms with Crippen LogP contribution in [-0.2, 0) is 4.74 Å². The van der Waals surface area contributed by atoms with Crippen LogP contribution >= 0.6 is 11.8 Å². The zero-order valence-electron chi connectivity index (χ0n) is 10.7. The van der Waals surface area contributed by atoms with Gasteiger partial charge in [0, 0.05) is 17.2 Å². The predicted molar refractivity (Wildman–Crippen MR) is 74.4 cm³/mol. The topological polar surface area (TPSA) is 62.8 Å². The molecule has 1 aliphatic rings. The first-order valence-electron chi connectivity index (χ1n) is 6.33. The number of rotatable bonds is 4. The first-order chi connectivity index (χ1) is 9.31. The average Bonchev–Trinajstić information content (AvgIpc) is 3.05. The molecule has 1 aliphatic heterocycles. The molecule has 2 unspecified atom stereocenters. The van der Waals surface area contributed by atoms with Gasteiger partial charge in [-0.3, -0.25) is 5.10 Å². The highest BCUT2D eigenvalue weighted by atomic mass is 32.2. The second kappa shape index (κ2) is 5.63. The summed E-state index contributed by atoms with van der Waals surface area (Å²) in [7, 11) is 0. The fourth-order valence-corrected chi connectivity index (χ4v) is 2.80. The number of aromatic nitrogens is 3. The maximum absolute atomic E-state index is 5.55. The van der Waals surface area contributed by atoms with E-state index in [1.165, 1.54) is 6.33 Å². The predicted octanol–water partition coefficient (Wildman–Crippen LogP) is 2.55. The van der Waals surface area contributed by atoms with E-state index in [9.17, 15) is 0 Å². The van der Waals surface area contributed by atoms with Crippen molar-refractivity contribution in [2.75, 3.05) is 11.9 Å². The van der Waals surface area contributed by atoms with Crippen LogP contribution in [0.3, 0.4) is 0 Å². The summed E-state index contributed by atoms with van der Waals surface area (Å²) in [6, 6.07) is 8.74. The zero-order chi connectivity index (χ0) is 13.1. The lowest BCUT2D eigenvalue weighted by Crippen LogP contribution is -2.26. The third kappa shape index (κ3) is 3.08. The van der Waals surface area contributed by atoms with Crippen molar-refractivity contribution in [1.29, 1.82) is 0 Å². The Kier molecular flexibility index (Phi) is 3.70. The van der Waals surface area contributed by atoms with E-state index in [0.29, 0.717) is 6.04 Å². The van der Waals surface area contributed by atoms with Crippen molar-refractivity contribution < 1.29 is 4.74 Å². The van der Waals surface area contributed by atoms with Gasteiger partial charge in [0.25, 0.3) is 0 Å². The monoisotopic (exact) mass is 276 g/mol. The highest BCUT2D eigenvalue weighted by Crippen LogP contribution is 2.26. The van der Waals surface area contributed by atoms with Crippen molar-refractivity contribution >= 4 is 17.4 Å². The number of aromatic amines is 1. The molecule has 0 spiro atoms. The molecule has 1 saturated heterocycles. The van der Waals surface area contributed by atoms with Crippen LogP contribution in [-0.4, -0.2) is 33.9 Å². The van der Waals surface area contributed by atoms with Crippen molar-refractivity contribution in [3.63, 3.8) is 0 Å². The van der Waals surface area contributed by atoms with Gasteiger partial charge in [-0.25, -0.2) is 4.98 Å². The molecule has 2 N–H and O–H groups in total. The second-order valence-electron chi connectivity index (χ2n) is 4.53. The minimum atomic E-state index is 0.281. The van der Waals surface area contributed by atoms with E-state index in [2.05, 4.69) is 51.7 Å². The highest BCUT2D eigenvalue weighted by Gasteiger charge is 2.23. The van der Waals surface area contributed by atoms with Gasteiger partial charge in [-0.2, -0.15) is 5.10 Å². The minimum absolute atomic E-state index is 0.281. The molecule has 0 bridgehead atoms. The lowest BCUT2D eigenvalue weighted by Gasteiger charge is -2.17. The van der Waals surface area contributed by atoms with Crippen LogP contribution in [0.2, 0.25) is 0 Å². The van der Waals surface area contributed by atoms with Crippen molar-refractivity contribution in [1.82, 2.24) is 15.2 Å². The molecule has 0 aliphatic carbocycles. The maximum Gasteiger partial charge on any atom is 0.188 e. The Morgan fingerprint density at radius 1 is 1.37 bits per heavy atom. The molecule has 2 atom stereocenters. The van der Waals surface area contributed by atoms with E-state index >= 15 is 0 Å². The molecule has 100 valence electrons. The van der Waals surface area contributed by atoms with Crippen molar-refractivity contribution in [3.05, 3.63) is 30.6 Å². The first-order valence-corrected chi connectivity index (χ1v) is 7.14. The van der Waals surface area contributed by atoms with E-state index in [4.69, 9.17) is 4.74 Å². The Labute approximate surface area is 116 Å². The molecule has 1 aromatic carbocycles. The van der Waals surface area contributed by atoms with Gasteiger partial charge in [-0.15, -0.1) is 0 Å². The van der Waals surface area contributed by atoms with Crippen LogP contribution in [0.15, 0.2) is 40.6 Å². The largest absolute Gasteiger partial charge is 0.380 e.